The van der Waals surface area contributed by atoms with Gasteiger partial charge in [0.05, 0.1) is 6.33 Å². The molecule has 0 atom stereocenters. The van der Waals surface area contributed by atoms with E-state index < -0.39 is 23.4 Å². The minimum atomic E-state index is -0.677. The lowest BCUT2D eigenvalue weighted by molar-refractivity contribution is -0.119. The first-order valence-electron chi connectivity index (χ1n) is 9.82. The van der Waals surface area contributed by atoms with E-state index in [2.05, 4.69) is 36.4 Å². The minimum Gasteiger partial charge on any atom is -0.354 e. The fourth-order valence-corrected chi connectivity index (χ4v) is 2.71. The number of aromatic amines is 1. The number of H-pyrrole nitrogens is 1. The van der Waals surface area contributed by atoms with Crippen LogP contribution >= 0.6 is 0 Å². The minimum absolute atomic E-state index is 0.0774. The van der Waals surface area contributed by atoms with Gasteiger partial charge in [0.15, 0.2) is 5.82 Å². The first kappa shape index (κ1) is 22.2. The first-order valence-corrected chi connectivity index (χ1v) is 9.82. The van der Waals surface area contributed by atoms with Gasteiger partial charge in [0.1, 0.15) is 5.69 Å². The number of amides is 3. The number of carbonyl (C=O) groups is 3. The summed E-state index contributed by atoms with van der Waals surface area (Å²) in [6.45, 7) is 0.438. The number of nitrogens with zero attached hydrogens (tertiary/aromatic N) is 2. The van der Waals surface area contributed by atoms with Crippen LogP contribution in [0.15, 0.2) is 72.1 Å². The number of carbonyl (C=O) groups excluding carboxylic acids is 3. The third kappa shape index (κ3) is 6.02. The summed E-state index contributed by atoms with van der Waals surface area (Å²) in [5, 5.41) is 11.8. The Hall–Kier alpha value is -4.47. The molecular formula is C22H23N7O3. The van der Waals surface area contributed by atoms with Crippen molar-refractivity contribution in [3.8, 4) is 0 Å². The molecule has 0 saturated heterocycles. The van der Waals surface area contributed by atoms with Crippen molar-refractivity contribution in [3.05, 3.63) is 83.8 Å². The highest BCUT2D eigenvalue weighted by Crippen LogP contribution is 2.09. The zero-order chi connectivity index (χ0) is 22.8. The van der Waals surface area contributed by atoms with Gasteiger partial charge >= 0.3 is 0 Å². The molecule has 10 nitrogen and oxygen atoms in total. The van der Waals surface area contributed by atoms with Crippen LogP contribution in [0.5, 0.6) is 0 Å². The van der Waals surface area contributed by atoms with Crippen molar-refractivity contribution >= 4 is 29.3 Å². The highest BCUT2D eigenvalue weighted by atomic mass is 16.2. The largest absolute Gasteiger partial charge is 0.354 e. The number of hydrogen-bond donors (Lipinski definition) is 5. The Morgan fingerprint density at radius 3 is 1.91 bits per heavy atom. The quantitative estimate of drug-likeness (QED) is 0.196. The van der Waals surface area contributed by atoms with E-state index in [1.165, 1.54) is 13.4 Å². The van der Waals surface area contributed by atoms with Crippen LogP contribution < -0.4 is 21.4 Å². The van der Waals surface area contributed by atoms with Crippen LogP contribution in [-0.4, -0.2) is 40.4 Å². The van der Waals surface area contributed by atoms with E-state index in [4.69, 9.17) is 0 Å². The highest BCUT2D eigenvalue weighted by molar-refractivity contribution is 6.65. The van der Waals surface area contributed by atoms with Gasteiger partial charge in [0.2, 0.25) is 5.71 Å². The Morgan fingerprint density at radius 2 is 1.41 bits per heavy atom. The highest BCUT2D eigenvalue weighted by Gasteiger charge is 2.21. The number of rotatable bonds is 9. The molecule has 0 saturated carbocycles. The average molecular weight is 433 g/mol. The van der Waals surface area contributed by atoms with Crippen LogP contribution in [-0.2, 0) is 22.7 Å². The summed E-state index contributed by atoms with van der Waals surface area (Å²) < 4.78 is 0. The molecule has 1 heterocycles. The maximum atomic E-state index is 12.8. The molecule has 0 fully saturated rings. The number of aromatic nitrogens is 2. The SMILES string of the molecule is CNC(=O)c1[nH]cnc1NN=C(C(=O)NCc1ccccc1)C(=O)NCc1ccccc1. The first-order chi connectivity index (χ1) is 15.6. The van der Waals surface area contributed by atoms with Gasteiger partial charge in [0, 0.05) is 20.1 Å². The van der Waals surface area contributed by atoms with Crippen LogP contribution in [0.1, 0.15) is 21.6 Å². The van der Waals surface area contributed by atoms with E-state index in [1.54, 1.807) is 0 Å². The fourth-order valence-electron chi connectivity index (χ4n) is 2.71. The van der Waals surface area contributed by atoms with Gasteiger partial charge in [-0.1, -0.05) is 60.7 Å². The molecule has 0 aliphatic heterocycles. The molecule has 0 bridgehead atoms. The van der Waals surface area contributed by atoms with Crippen LogP contribution in [0.3, 0.4) is 0 Å². The molecule has 1 aromatic heterocycles. The zero-order valence-electron chi connectivity index (χ0n) is 17.4. The van der Waals surface area contributed by atoms with Gasteiger partial charge < -0.3 is 20.9 Å². The van der Waals surface area contributed by atoms with E-state index in [-0.39, 0.29) is 24.6 Å². The van der Waals surface area contributed by atoms with Crippen LogP contribution in [0.4, 0.5) is 5.82 Å². The van der Waals surface area contributed by atoms with Crippen LogP contribution in [0.25, 0.3) is 0 Å². The van der Waals surface area contributed by atoms with Gasteiger partial charge in [-0.2, -0.15) is 5.10 Å². The molecule has 10 heteroatoms. The monoisotopic (exact) mass is 433 g/mol. The number of hydrogen-bond acceptors (Lipinski definition) is 6. The molecule has 32 heavy (non-hydrogen) atoms. The fraction of sp³-hybridized carbons (Fsp3) is 0.136. The van der Waals surface area contributed by atoms with Crippen molar-refractivity contribution in [2.75, 3.05) is 12.5 Å². The normalized spacial score (nSPS) is 10.0. The van der Waals surface area contributed by atoms with Gasteiger partial charge in [-0.3, -0.25) is 19.8 Å². The molecule has 0 unspecified atom stereocenters. The van der Waals surface area contributed by atoms with E-state index in [9.17, 15) is 14.4 Å². The number of anilines is 1. The summed E-state index contributed by atoms with van der Waals surface area (Å²) in [5.74, 6) is -1.70. The molecule has 2 aromatic carbocycles. The number of hydrazone groups is 1. The Bertz CT molecular complexity index is 1040. The van der Waals surface area contributed by atoms with Crippen molar-refractivity contribution in [1.29, 1.82) is 0 Å². The van der Waals surface area contributed by atoms with Gasteiger partial charge in [-0.15, -0.1) is 0 Å². The summed E-state index contributed by atoms with van der Waals surface area (Å²) in [6, 6.07) is 18.5. The summed E-state index contributed by atoms with van der Waals surface area (Å²) in [4.78, 5) is 44.0. The summed E-state index contributed by atoms with van der Waals surface area (Å²) >= 11 is 0. The molecule has 0 aliphatic carbocycles. The predicted octanol–water partition coefficient (Wildman–Crippen LogP) is 1.17. The van der Waals surface area contributed by atoms with Crippen molar-refractivity contribution in [2.45, 2.75) is 13.1 Å². The van der Waals surface area contributed by atoms with Crippen molar-refractivity contribution in [3.63, 3.8) is 0 Å². The summed E-state index contributed by atoms with van der Waals surface area (Å²) in [5.41, 5.74) is 3.98. The molecule has 0 aliphatic rings. The molecule has 3 rings (SSSR count). The molecule has 0 radical (unpaired) electrons. The summed E-state index contributed by atoms with van der Waals surface area (Å²) in [6.07, 6.45) is 1.30. The number of nitrogens with one attached hydrogen (secondary N) is 5. The number of benzene rings is 2. The molecule has 5 N–H and O–H groups in total. The van der Waals surface area contributed by atoms with Gasteiger partial charge in [-0.25, -0.2) is 4.98 Å². The molecule has 3 amide bonds. The van der Waals surface area contributed by atoms with Gasteiger partial charge in [0.25, 0.3) is 17.7 Å². The Morgan fingerprint density at radius 1 is 0.875 bits per heavy atom. The topological polar surface area (TPSA) is 140 Å². The Labute approximate surface area is 184 Å². The second-order valence-electron chi connectivity index (χ2n) is 6.61. The van der Waals surface area contributed by atoms with E-state index in [0.29, 0.717) is 0 Å². The molecular weight excluding hydrogens is 410 g/mol. The second-order valence-corrected chi connectivity index (χ2v) is 6.61. The summed E-state index contributed by atoms with van der Waals surface area (Å²) in [7, 11) is 1.47. The van der Waals surface area contributed by atoms with Crippen molar-refractivity contribution < 1.29 is 14.4 Å². The molecule has 164 valence electrons. The maximum Gasteiger partial charge on any atom is 0.277 e. The van der Waals surface area contributed by atoms with Crippen LogP contribution in [0, 0.1) is 0 Å². The Balaban J connectivity index is 1.75. The third-order valence-electron chi connectivity index (χ3n) is 4.39. The van der Waals surface area contributed by atoms with Crippen LogP contribution in [0.2, 0.25) is 0 Å². The lowest BCUT2D eigenvalue weighted by Gasteiger charge is -2.10. The van der Waals surface area contributed by atoms with Crippen molar-refractivity contribution in [2.24, 2.45) is 5.10 Å². The predicted molar refractivity (Wildman–Crippen MR) is 120 cm³/mol. The van der Waals surface area contributed by atoms with E-state index in [1.807, 2.05) is 60.7 Å². The maximum absolute atomic E-state index is 12.8. The molecule has 0 spiro atoms. The molecule has 3 aromatic rings. The lowest BCUT2D eigenvalue weighted by Crippen LogP contribution is -2.42. The number of imidazole rings is 1. The average Bonchev–Trinajstić information content (AvgIpc) is 3.31. The van der Waals surface area contributed by atoms with E-state index in [0.717, 1.165) is 11.1 Å². The zero-order valence-corrected chi connectivity index (χ0v) is 17.4. The van der Waals surface area contributed by atoms with E-state index >= 15 is 0 Å². The Kier molecular flexibility index (Phi) is 7.68. The smallest absolute Gasteiger partial charge is 0.277 e. The van der Waals surface area contributed by atoms with Crippen molar-refractivity contribution in [1.82, 2.24) is 25.9 Å². The lowest BCUT2D eigenvalue weighted by atomic mass is 10.2. The standard InChI is InChI=1S/C22H23N7O3/c1-23-20(30)17-19(27-14-26-17)29-28-18(21(31)24-12-15-8-4-2-5-9-15)22(32)25-13-16-10-6-3-7-11-16/h2-11,14,29H,12-13H2,1H3,(H,23,30)(H,24,31)(H,25,32)(H,26,27). The van der Waals surface area contributed by atoms with Gasteiger partial charge in [-0.05, 0) is 11.1 Å². The second kappa shape index (κ2) is 11.1. The third-order valence-corrected chi connectivity index (χ3v) is 4.39.